The summed E-state index contributed by atoms with van der Waals surface area (Å²) in [6.45, 7) is 0. The van der Waals surface area contributed by atoms with Gasteiger partial charge < -0.3 is 4.74 Å². The highest BCUT2D eigenvalue weighted by atomic mass is 32.2. The van der Waals surface area contributed by atoms with Crippen molar-refractivity contribution in [2.24, 2.45) is 4.99 Å². The lowest BCUT2D eigenvalue weighted by molar-refractivity contribution is -0.124. The van der Waals surface area contributed by atoms with Crippen LogP contribution in [0.15, 0.2) is 45.7 Å². The first-order valence-corrected chi connectivity index (χ1v) is 11.2. The van der Waals surface area contributed by atoms with E-state index in [-0.39, 0.29) is 17.9 Å². The summed E-state index contributed by atoms with van der Waals surface area (Å²) in [6, 6.07) is 7.22. The van der Waals surface area contributed by atoms with E-state index in [0.29, 0.717) is 20.8 Å². The summed E-state index contributed by atoms with van der Waals surface area (Å²) in [5.74, 6) is -0.383. The van der Waals surface area contributed by atoms with Gasteiger partial charge in [0.15, 0.2) is 5.17 Å². The number of rotatable bonds is 4. The molecule has 0 unspecified atom stereocenters. The maximum absolute atomic E-state index is 13.2. The van der Waals surface area contributed by atoms with Crippen molar-refractivity contribution in [1.29, 1.82) is 0 Å². The van der Waals surface area contributed by atoms with E-state index in [0.717, 1.165) is 31.2 Å². The number of aromatic nitrogens is 1. The highest BCUT2D eigenvalue weighted by Crippen LogP contribution is 2.38. The lowest BCUT2D eigenvalue weighted by Gasteiger charge is -2.30. The molecule has 8 heteroatoms. The van der Waals surface area contributed by atoms with Crippen molar-refractivity contribution in [2.45, 2.75) is 38.1 Å². The monoisotopic (exact) mass is 427 g/mol. The van der Waals surface area contributed by atoms with Gasteiger partial charge in [0.25, 0.3) is 5.91 Å². The van der Waals surface area contributed by atoms with Crippen molar-refractivity contribution in [3.05, 3.63) is 51.9 Å². The average molecular weight is 428 g/mol. The van der Waals surface area contributed by atoms with Crippen molar-refractivity contribution in [3.63, 3.8) is 0 Å². The fourth-order valence-electron chi connectivity index (χ4n) is 3.56. The SMILES string of the molecule is COC(=O)c1ccc(/C=C2\S/C(=N/c3nccs3)N(C3CCCCC3)C2=O)cc1. The number of amidine groups is 1. The Balaban J connectivity index is 1.63. The topological polar surface area (TPSA) is 71.9 Å². The Labute approximate surface area is 177 Å². The molecule has 1 amide bonds. The number of amides is 1. The molecule has 2 fully saturated rings. The zero-order valence-electron chi connectivity index (χ0n) is 16.0. The normalized spacial score (nSPS) is 20.6. The second kappa shape index (κ2) is 8.92. The Kier molecular flexibility index (Phi) is 6.10. The van der Waals surface area contributed by atoms with Gasteiger partial charge in [-0.05, 0) is 48.4 Å². The zero-order valence-corrected chi connectivity index (χ0v) is 17.7. The zero-order chi connectivity index (χ0) is 20.2. The largest absolute Gasteiger partial charge is 0.465 e. The summed E-state index contributed by atoms with van der Waals surface area (Å²) in [6.07, 6.45) is 9.08. The fourth-order valence-corrected chi connectivity index (χ4v) is 5.17. The molecule has 0 N–H and O–H groups in total. The van der Waals surface area contributed by atoms with Gasteiger partial charge in [-0.1, -0.05) is 31.4 Å². The molecule has 1 saturated carbocycles. The summed E-state index contributed by atoms with van der Waals surface area (Å²) in [5, 5.41) is 3.24. The van der Waals surface area contributed by atoms with E-state index in [2.05, 4.69) is 9.98 Å². The summed E-state index contributed by atoms with van der Waals surface area (Å²) in [5.41, 5.74) is 1.34. The number of ether oxygens (including phenoxy) is 1. The molecule has 2 aliphatic rings. The average Bonchev–Trinajstić information content (AvgIpc) is 3.37. The number of thioether (sulfide) groups is 1. The van der Waals surface area contributed by atoms with Gasteiger partial charge >= 0.3 is 5.97 Å². The Morgan fingerprint density at radius 1 is 1.24 bits per heavy atom. The maximum Gasteiger partial charge on any atom is 0.337 e. The van der Waals surface area contributed by atoms with E-state index < -0.39 is 0 Å². The third-order valence-electron chi connectivity index (χ3n) is 5.02. The minimum atomic E-state index is -0.378. The van der Waals surface area contributed by atoms with Crippen LogP contribution in [0, 0.1) is 0 Å². The molecule has 2 aromatic rings. The van der Waals surface area contributed by atoms with E-state index in [9.17, 15) is 9.59 Å². The minimum absolute atomic E-state index is 0.00532. The number of esters is 1. The summed E-state index contributed by atoms with van der Waals surface area (Å²) in [7, 11) is 1.36. The molecule has 0 radical (unpaired) electrons. The molecular formula is C21H21N3O3S2. The molecule has 1 aliphatic heterocycles. The van der Waals surface area contributed by atoms with Gasteiger partial charge in [0.2, 0.25) is 5.13 Å². The van der Waals surface area contributed by atoms with E-state index in [1.54, 1.807) is 18.3 Å². The van der Waals surface area contributed by atoms with Gasteiger partial charge in [0, 0.05) is 17.6 Å². The third-order valence-corrected chi connectivity index (χ3v) is 6.67. The first-order valence-electron chi connectivity index (χ1n) is 9.55. The van der Waals surface area contributed by atoms with Crippen LogP contribution in [0.4, 0.5) is 5.13 Å². The van der Waals surface area contributed by atoms with Gasteiger partial charge in [-0.15, -0.1) is 11.3 Å². The number of methoxy groups -OCH3 is 1. The molecule has 1 aromatic carbocycles. The van der Waals surface area contributed by atoms with Gasteiger partial charge in [-0.2, -0.15) is 4.99 Å². The minimum Gasteiger partial charge on any atom is -0.465 e. The Morgan fingerprint density at radius 2 is 2.00 bits per heavy atom. The molecule has 150 valence electrons. The van der Waals surface area contributed by atoms with Crippen LogP contribution in [0.25, 0.3) is 6.08 Å². The molecule has 4 rings (SSSR count). The Bertz CT molecular complexity index is 946. The standard InChI is InChI=1S/C21H21N3O3S2/c1-27-19(26)15-9-7-14(8-10-15)13-17-18(25)24(16-5-3-2-4-6-16)21(29-17)23-20-22-11-12-28-20/h7-13,16H,2-6H2,1H3/b17-13-,23-21+. The van der Waals surface area contributed by atoms with Crippen LogP contribution in [0.1, 0.15) is 48.0 Å². The molecular weight excluding hydrogens is 406 g/mol. The molecule has 1 aliphatic carbocycles. The number of carbonyl (C=O) groups is 2. The summed E-state index contributed by atoms with van der Waals surface area (Å²) >= 11 is 2.85. The van der Waals surface area contributed by atoms with Crippen LogP contribution in [0.2, 0.25) is 0 Å². The highest BCUT2D eigenvalue weighted by molar-refractivity contribution is 8.18. The number of thiazole rings is 1. The molecule has 29 heavy (non-hydrogen) atoms. The molecule has 6 nitrogen and oxygen atoms in total. The molecule has 1 saturated heterocycles. The number of carbonyl (C=O) groups excluding carboxylic acids is 2. The van der Waals surface area contributed by atoms with Crippen molar-refractivity contribution in [2.75, 3.05) is 7.11 Å². The van der Waals surface area contributed by atoms with E-state index in [4.69, 9.17) is 4.74 Å². The van der Waals surface area contributed by atoms with E-state index in [1.807, 2.05) is 28.5 Å². The molecule has 2 heterocycles. The lowest BCUT2D eigenvalue weighted by Crippen LogP contribution is -2.40. The highest BCUT2D eigenvalue weighted by Gasteiger charge is 2.38. The van der Waals surface area contributed by atoms with E-state index >= 15 is 0 Å². The smallest absolute Gasteiger partial charge is 0.337 e. The molecule has 0 atom stereocenters. The Morgan fingerprint density at radius 3 is 2.66 bits per heavy atom. The second-order valence-corrected chi connectivity index (χ2v) is 8.78. The first-order chi connectivity index (χ1) is 14.2. The van der Waals surface area contributed by atoms with Crippen molar-refractivity contribution >= 4 is 51.4 Å². The van der Waals surface area contributed by atoms with Gasteiger partial charge in [-0.3, -0.25) is 9.69 Å². The van der Waals surface area contributed by atoms with E-state index in [1.165, 1.54) is 36.6 Å². The van der Waals surface area contributed by atoms with Crippen LogP contribution in [-0.2, 0) is 9.53 Å². The number of hydrogen-bond acceptors (Lipinski definition) is 7. The van der Waals surface area contributed by atoms with Crippen LogP contribution in [0.5, 0.6) is 0 Å². The summed E-state index contributed by atoms with van der Waals surface area (Å²) in [4.78, 5) is 36.2. The number of hydrogen-bond donors (Lipinski definition) is 0. The number of benzene rings is 1. The molecule has 0 bridgehead atoms. The van der Waals surface area contributed by atoms with Gasteiger partial charge in [0.05, 0.1) is 17.6 Å². The second-order valence-electron chi connectivity index (χ2n) is 6.90. The predicted octanol–water partition coefficient (Wildman–Crippen LogP) is 4.87. The maximum atomic E-state index is 13.2. The molecule has 1 aromatic heterocycles. The van der Waals surface area contributed by atoms with Crippen molar-refractivity contribution < 1.29 is 14.3 Å². The quantitative estimate of drug-likeness (QED) is 0.514. The number of nitrogens with zero attached hydrogens (tertiary/aromatic N) is 3. The molecule has 0 spiro atoms. The Hall–Kier alpha value is -2.45. The third kappa shape index (κ3) is 4.43. The van der Waals surface area contributed by atoms with Crippen LogP contribution < -0.4 is 0 Å². The fraction of sp³-hybridized carbons (Fsp3) is 0.333. The van der Waals surface area contributed by atoms with Crippen LogP contribution in [-0.4, -0.2) is 40.1 Å². The predicted molar refractivity (Wildman–Crippen MR) is 116 cm³/mol. The van der Waals surface area contributed by atoms with Crippen LogP contribution in [0.3, 0.4) is 0 Å². The van der Waals surface area contributed by atoms with Crippen LogP contribution >= 0.6 is 23.1 Å². The van der Waals surface area contributed by atoms with Gasteiger partial charge in [-0.25, -0.2) is 9.78 Å². The number of aliphatic imine (C=N–C) groups is 1. The first kappa shape index (κ1) is 19.8. The van der Waals surface area contributed by atoms with Crippen molar-refractivity contribution in [3.8, 4) is 0 Å². The van der Waals surface area contributed by atoms with Crippen molar-refractivity contribution in [1.82, 2.24) is 9.88 Å². The van der Waals surface area contributed by atoms with Gasteiger partial charge in [0.1, 0.15) is 0 Å². The summed E-state index contributed by atoms with van der Waals surface area (Å²) < 4.78 is 4.73. The lowest BCUT2D eigenvalue weighted by atomic mass is 9.94.